The third-order valence-electron chi connectivity index (χ3n) is 3.61. The van der Waals surface area contributed by atoms with Crippen molar-refractivity contribution in [3.8, 4) is 0 Å². The Morgan fingerprint density at radius 2 is 1.95 bits per heavy atom. The summed E-state index contributed by atoms with van der Waals surface area (Å²) in [6.45, 7) is 2.19. The summed E-state index contributed by atoms with van der Waals surface area (Å²) in [4.78, 5) is 11.1. The number of benzene rings is 1. The molecule has 118 valence electrons. The van der Waals surface area contributed by atoms with E-state index in [0.29, 0.717) is 6.42 Å². The Balaban J connectivity index is 2.58. The van der Waals surface area contributed by atoms with Crippen LogP contribution >= 0.6 is 0 Å². The number of aliphatic carboxylic acids is 1. The number of rotatable bonds is 11. The average molecular weight is 293 g/mol. The molecule has 0 saturated carbocycles. The Labute approximate surface area is 127 Å². The van der Waals surface area contributed by atoms with E-state index in [1.165, 1.54) is 26.4 Å². The molecule has 0 aliphatic heterocycles. The first-order valence-corrected chi connectivity index (χ1v) is 7.74. The molecule has 2 N–H and O–H groups in total. The zero-order valence-corrected chi connectivity index (χ0v) is 13.0. The second-order valence-corrected chi connectivity index (χ2v) is 5.35. The van der Waals surface area contributed by atoms with Crippen molar-refractivity contribution in [2.75, 3.05) is 12.4 Å². The first kappa shape index (κ1) is 17.5. The molecule has 1 aromatic rings. The van der Waals surface area contributed by atoms with Crippen LogP contribution in [0.15, 0.2) is 30.3 Å². The van der Waals surface area contributed by atoms with Gasteiger partial charge in [-0.05, 0) is 18.6 Å². The molecule has 0 amide bonds. The van der Waals surface area contributed by atoms with E-state index in [0.717, 1.165) is 18.5 Å². The van der Waals surface area contributed by atoms with Crippen LogP contribution in [0, 0.1) is 0 Å². The SMILES string of the molecule is CCCCCCC(CC(OC)C(=O)O)Nc1ccccc1. The van der Waals surface area contributed by atoms with Crippen LogP contribution in [0.5, 0.6) is 0 Å². The smallest absolute Gasteiger partial charge is 0.332 e. The lowest BCUT2D eigenvalue weighted by Gasteiger charge is -2.23. The van der Waals surface area contributed by atoms with Gasteiger partial charge >= 0.3 is 5.97 Å². The predicted octanol–water partition coefficient (Wildman–Crippen LogP) is 3.93. The van der Waals surface area contributed by atoms with E-state index in [9.17, 15) is 4.79 Å². The minimum absolute atomic E-state index is 0.116. The van der Waals surface area contributed by atoms with Gasteiger partial charge in [0.2, 0.25) is 0 Å². The van der Waals surface area contributed by atoms with Gasteiger partial charge in [0.1, 0.15) is 0 Å². The number of nitrogens with one attached hydrogen (secondary N) is 1. The third-order valence-corrected chi connectivity index (χ3v) is 3.61. The molecule has 0 spiro atoms. The van der Waals surface area contributed by atoms with Gasteiger partial charge in [0.25, 0.3) is 0 Å². The summed E-state index contributed by atoms with van der Waals surface area (Å²) in [5, 5.41) is 12.6. The Morgan fingerprint density at radius 1 is 1.24 bits per heavy atom. The zero-order chi connectivity index (χ0) is 15.5. The number of anilines is 1. The van der Waals surface area contributed by atoms with Gasteiger partial charge in [-0.2, -0.15) is 0 Å². The largest absolute Gasteiger partial charge is 0.479 e. The van der Waals surface area contributed by atoms with E-state index < -0.39 is 12.1 Å². The molecule has 0 aliphatic carbocycles. The normalized spacial score (nSPS) is 13.6. The van der Waals surface area contributed by atoms with Crippen molar-refractivity contribution in [1.29, 1.82) is 0 Å². The maximum atomic E-state index is 11.1. The highest BCUT2D eigenvalue weighted by atomic mass is 16.5. The van der Waals surface area contributed by atoms with Gasteiger partial charge in [-0.25, -0.2) is 4.79 Å². The Bertz CT molecular complexity index is 394. The summed E-state index contributed by atoms with van der Waals surface area (Å²) in [6, 6.07) is 10.0. The fourth-order valence-electron chi connectivity index (χ4n) is 2.39. The van der Waals surface area contributed by atoms with Crippen LogP contribution in [0.3, 0.4) is 0 Å². The van der Waals surface area contributed by atoms with Crippen LogP contribution in [0.2, 0.25) is 0 Å². The summed E-state index contributed by atoms with van der Waals surface area (Å²) >= 11 is 0. The number of carboxylic acid groups (broad SMARTS) is 1. The highest BCUT2D eigenvalue weighted by Gasteiger charge is 2.21. The highest BCUT2D eigenvalue weighted by molar-refractivity contribution is 5.72. The monoisotopic (exact) mass is 293 g/mol. The Kier molecular flexibility index (Phi) is 8.51. The van der Waals surface area contributed by atoms with Crippen molar-refractivity contribution in [1.82, 2.24) is 0 Å². The number of hydrogen-bond donors (Lipinski definition) is 2. The van der Waals surface area contributed by atoms with E-state index in [4.69, 9.17) is 9.84 Å². The Hall–Kier alpha value is -1.55. The standard InChI is InChI=1S/C17H27NO3/c1-3-4-5-7-12-15(13-16(21-2)17(19)20)18-14-10-8-6-9-11-14/h6,8-11,15-16,18H,3-5,7,12-13H2,1-2H3,(H,19,20). The second kappa shape index (κ2) is 10.2. The zero-order valence-electron chi connectivity index (χ0n) is 13.0. The number of ether oxygens (including phenoxy) is 1. The van der Waals surface area contributed by atoms with Crippen LogP contribution in [-0.2, 0) is 9.53 Å². The molecule has 0 saturated heterocycles. The van der Waals surface area contributed by atoms with Gasteiger partial charge in [-0.3, -0.25) is 0 Å². The fraction of sp³-hybridized carbons (Fsp3) is 0.588. The van der Waals surface area contributed by atoms with Gasteiger partial charge in [0.15, 0.2) is 6.10 Å². The minimum Gasteiger partial charge on any atom is -0.479 e. The first-order valence-electron chi connectivity index (χ1n) is 7.74. The van der Waals surface area contributed by atoms with Crippen LogP contribution in [-0.4, -0.2) is 30.3 Å². The second-order valence-electron chi connectivity index (χ2n) is 5.35. The molecule has 4 heteroatoms. The molecule has 0 aliphatic rings. The molecule has 0 aromatic heterocycles. The maximum Gasteiger partial charge on any atom is 0.332 e. The topological polar surface area (TPSA) is 58.6 Å². The van der Waals surface area contributed by atoms with Gasteiger partial charge in [-0.15, -0.1) is 0 Å². The van der Waals surface area contributed by atoms with E-state index in [2.05, 4.69) is 12.2 Å². The van der Waals surface area contributed by atoms with E-state index in [1.54, 1.807) is 0 Å². The van der Waals surface area contributed by atoms with Crippen molar-refractivity contribution < 1.29 is 14.6 Å². The van der Waals surface area contributed by atoms with Gasteiger partial charge in [-0.1, -0.05) is 50.8 Å². The number of methoxy groups -OCH3 is 1. The van der Waals surface area contributed by atoms with Crippen molar-refractivity contribution in [2.45, 2.75) is 57.6 Å². The summed E-state index contributed by atoms with van der Waals surface area (Å²) in [6.07, 6.45) is 5.41. The number of carbonyl (C=O) groups is 1. The minimum atomic E-state index is -0.897. The Morgan fingerprint density at radius 3 is 2.52 bits per heavy atom. The van der Waals surface area contributed by atoms with Crippen LogP contribution in [0.25, 0.3) is 0 Å². The molecular formula is C17H27NO3. The van der Waals surface area contributed by atoms with Gasteiger partial charge < -0.3 is 15.2 Å². The molecule has 0 bridgehead atoms. The number of hydrogen-bond acceptors (Lipinski definition) is 3. The average Bonchev–Trinajstić information content (AvgIpc) is 2.49. The highest BCUT2D eigenvalue weighted by Crippen LogP contribution is 2.17. The van der Waals surface area contributed by atoms with Crippen molar-refractivity contribution >= 4 is 11.7 Å². The molecule has 0 heterocycles. The molecule has 0 fully saturated rings. The molecular weight excluding hydrogens is 266 g/mol. The van der Waals surface area contributed by atoms with Crippen molar-refractivity contribution in [3.63, 3.8) is 0 Å². The van der Waals surface area contributed by atoms with Crippen molar-refractivity contribution in [3.05, 3.63) is 30.3 Å². The van der Waals surface area contributed by atoms with Crippen molar-refractivity contribution in [2.24, 2.45) is 0 Å². The third kappa shape index (κ3) is 7.14. The first-order chi connectivity index (χ1) is 10.2. The number of unbranched alkanes of at least 4 members (excludes halogenated alkanes) is 3. The molecule has 2 atom stereocenters. The molecule has 1 aromatic carbocycles. The van der Waals surface area contributed by atoms with Gasteiger partial charge in [0, 0.05) is 25.3 Å². The van der Waals surface area contributed by atoms with E-state index in [1.807, 2.05) is 30.3 Å². The summed E-state index contributed by atoms with van der Waals surface area (Å²) in [7, 11) is 1.45. The van der Waals surface area contributed by atoms with E-state index in [-0.39, 0.29) is 6.04 Å². The van der Waals surface area contributed by atoms with Crippen LogP contribution < -0.4 is 5.32 Å². The molecule has 0 radical (unpaired) electrons. The summed E-state index contributed by atoms with van der Waals surface area (Å²) < 4.78 is 5.07. The molecule has 1 rings (SSSR count). The number of para-hydroxylation sites is 1. The van der Waals surface area contributed by atoms with Gasteiger partial charge in [0.05, 0.1) is 0 Å². The molecule has 4 nitrogen and oxygen atoms in total. The lowest BCUT2D eigenvalue weighted by Crippen LogP contribution is -2.31. The predicted molar refractivity (Wildman–Crippen MR) is 85.7 cm³/mol. The summed E-state index contributed by atoms with van der Waals surface area (Å²) in [5.74, 6) is -0.897. The lowest BCUT2D eigenvalue weighted by atomic mass is 10.0. The van der Waals surface area contributed by atoms with Crippen LogP contribution in [0.1, 0.15) is 45.4 Å². The van der Waals surface area contributed by atoms with E-state index >= 15 is 0 Å². The fourth-order valence-corrected chi connectivity index (χ4v) is 2.39. The quantitative estimate of drug-likeness (QED) is 0.607. The summed E-state index contributed by atoms with van der Waals surface area (Å²) in [5.41, 5.74) is 1.03. The lowest BCUT2D eigenvalue weighted by molar-refractivity contribution is -0.149. The van der Waals surface area contributed by atoms with Crippen LogP contribution in [0.4, 0.5) is 5.69 Å². The molecule has 21 heavy (non-hydrogen) atoms. The number of carboxylic acids is 1. The molecule has 2 unspecified atom stereocenters. The maximum absolute atomic E-state index is 11.1.